The Kier molecular flexibility index (Phi) is 3.62. The summed E-state index contributed by atoms with van der Waals surface area (Å²) in [5, 5.41) is 0. The first kappa shape index (κ1) is 19.2. The second-order valence-corrected chi connectivity index (χ2v) is 18.3. The lowest BCUT2D eigenvalue weighted by atomic mass is 9.48. The number of hydrogen-bond acceptors (Lipinski definition) is 2. The average molecular weight is 417 g/mol. The Labute approximate surface area is 182 Å². The van der Waals surface area contributed by atoms with Crippen molar-refractivity contribution in [1.82, 2.24) is 9.97 Å². The third-order valence-corrected chi connectivity index (χ3v) is 12.4. The first-order chi connectivity index (χ1) is 14.0. The van der Waals surface area contributed by atoms with Gasteiger partial charge in [0.15, 0.2) is 0 Å². The van der Waals surface area contributed by atoms with Crippen molar-refractivity contribution < 1.29 is 0 Å². The van der Waals surface area contributed by atoms with E-state index in [1.165, 1.54) is 29.8 Å². The van der Waals surface area contributed by atoms with Gasteiger partial charge in [-0.15, -0.1) is 0 Å². The fourth-order valence-electron chi connectivity index (χ4n) is 7.69. The Morgan fingerprint density at radius 3 is 2.07 bits per heavy atom. The molecule has 6 aliphatic rings. The zero-order valence-electron chi connectivity index (χ0n) is 19.7. The Balaban J connectivity index is 1.42. The molecule has 30 heavy (non-hydrogen) atoms. The van der Waals surface area contributed by atoms with Crippen LogP contribution in [0.25, 0.3) is 11.4 Å². The van der Waals surface area contributed by atoms with Crippen LogP contribution in [-0.2, 0) is 6.42 Å². The molecule has 3 heteroatoms. The molecule has 5 atom stereocenters. The minimum atomic E-state index is -1.37. The van der Waals surface area contributed by atoms with Crippen LogP contribution in [0.1, 0.15) is 80.4 Å². The molecule has 0 N–H and O–H groups in total. The van der Waals surface area contributed by atoms with Crippen LogP contribution in [0, 0.1) is 22.7 Å². The van der Waals surface area contributed by atoms with Crippen molar-refractivity contribution in [3.05, 3.63) is 46.8 Å². The summed E-state index contributed by atoms with van der Waals surface area (Å²) < 4.78 is 0. The van der Waals surface area contributed by atoms with Gasteiger partial charge in [0.05, 0.1) is 19.5 Å². The van der Waals surface area contributed by atoms with Crippen molar-refractivity contribution in [1.29, 1.82) is 0 Å². The van der Waals surface area contributed by atoms with Crippen molar-refractivity contribution in [2.75, 3.05) is 0 Å². The molecule has 1 unspecified atom stereocenters. The number of aromatic nitrogens is 2. The monoisotopic (exact) mass is 416 g/mol. The van der Waals surface area contributed by atoms with E-state index in [-0.39, 0.29) is 0 Å². The molecule has 2 aromatic heterocycles. The van der Waals surface area contributed by atoms with Gasteiger partial charge in [-0.25, -0.2) is 0 Å². The van der Waals surface area contributed by atoms with Crippen molar-refractivity contribution in [2.24, 2.45) is 22.7 Å². The molecule has 4 bridgehead atoms. The molecule has 0 spiro atoms. The molecule has 2 aromatic rings. The van der Waals surface area contributed by atoms with E-state index in [0.717, 1.165) is 29.6 Å². The predicted octanol–water partition coefficient (Wildman–Crippen LogP) is 6.93. The molecule has 6 aliphatic carbocycles. The second-order valence-electron chi connectivity index (χ2n) is 13.0. The molecule has 0 saturated heterocycles. The number of rotatable bonds is 2. The van der Waals surface area contributed by atoms with Crippen LogP contribution in [-0.4, -0.2) is 18.0 Å². The molecule has 2 saturated carbocycles. The molecule has 2 nitrogen and oxygen atoms in total. The summed E-state index contributed by atoms with van der Waals surface area (Å²) in [5.41, 5.74) is 9.55. The van der Waals surface area contributed by atoms with Crippen LogP contribution >= 0.6 is 0 Å². The number of hydrogen-bond donors (Lipinski definition) is 0. The third kappa shape index (κ3) is 2.31. The highest BCUT2D eigenvalue weighted by Crippen LogP contribution is 2.68. The van der Waals surface area contributed by atoms with Crippen LogP contribution in [0.3, 0.4) is 0 Å². The highest BCUT2D eigenvalue weighted by molar-refractivity contribution is 6.77. The van der Waals surface area contributed by atoms with E-state index in [1.54, 1.807) is 5.56 Å². The quantitative estimate of drug-likeness (QED) is 0.496. The molecular weight excluding hydrogens is 380 g/mol. The van der Waals surface area contributed by atoms with Crippen molar-refractivity contribution >= 4 is 8.07 Å². The Morgan fingerprint density at radius 1 is 0.800 bits per heavy atom. The van der Waals surface area contributed by atoms with Crippen LogP contribution in [0.5, 0.6) is 0 Å². The molecule has 8 rings (SSSR count). The van der Waals surface area contributed by atoms with Gasteiger partial charge in [-0.1, -0.05) is 59.5 Å². The highest BCUT2D eigenvalue weighted by Gasteiger charge is 2.60. The summed E-state index contributed by atoms with van der Waals surface area (Å²) in [5.74, 6) is 3.00. The van der Waals surface area contributed by atoms with Gasteiger partial charge in [0, 0.05) is 11.4 Å². The topological polar surface area (TPSA) is 25.8 Å². The fraction of sp³-hybridized carbons (Fsp3) is 0.630. The molecule has 0 radical (unpaired) electrons. The maximum Gasteiger partial charge on any atom is 0.0889 e. The molecule has 0 aromatic carbocycles. The summed E-state index contributed by atoms with van der Waals surface area (Å²) in [6, 6.07) is 9.29. The van der Waals surface area contributed by atoms with Crippen LogP contribution in [0.15, 0.2) is 24.3 Å². The van der Waals surface area contributed by atoms with Gasteiger partial charge in [0.25, 0.3) is 0 Å². The summed E-state index contributed by atoms with van der Waals surface area (Å²) in [7, 11) is -1.37. The largest absolute Gasteiger partial charge is 0.251 e. The number of nitrogens with zero attached hydrogens (tertiary/aromatic N) is 2. The van der Waals surface area contributed by atoms with E-state index in [1.807, 2.05) is 0 Å². The van der Waals surface area contributed by atoms with Gasteiger partial charge in [-0.05, 0) is 82.6 Å². The lowest BCUT2D eigenvalue weighted by molar-refractivity contribution is 0.00979. The minimum Gasteiger partial charge on any atom is -0.251 e. The average Bonchev–Trinajstić information content (AvgIpc) is 2.70. The first-order valence-electron chi connectivity index (χ1n) is 12.0. The predicted molar refractivity (Wildman–Crippen MR) is 127 cm³/mol. The van der Waals surface area contributed by atoms with E-state index < -0.39 is 8.07 Å². The smallest absolute Gasteiger partial charge is 0.0889 e. The molecule has 158 valence electrons. The van der Waals surface area contributed by atoms with E-state index in [2.05, 4.69) is 71.6 Å². The third-order valence-electron chi connectivity index (χ3n) is 9.86. The first-order valence-corrected chi connectivity index (χ1v) is 15.6. The molecule has 0 amide bonds. The van der Waals surface area contributed by atoms with Crippen molar-refractivity contribution in [3.8, 4) is 11.4 Å². The van der Waals surface area contributed by atoms with Crippen LogP contribution in [0.4, 0.5) is 0 Å². The van der Waals surface area contributed by atoms with Crippen LogP contribution in [0.2, 0.25) is 19.6 Å². The highest BCUT2D eigenvalue weighted by atomic mass is 28.3. The lowest BCUT2D eigenvalue weighted by Gasteiger charge is -2.62. The number of pyridine rings is 2. The summed E-state index contributed by atoms with van der Waals surface area (Å²) in [6.07, 6.45) is 3.87. The van der Waals surface area contributed by atoms with E-state index in [4.69, 9.17) is 9.97 Å². The van der Waals surface area contributed by atoms with E-state index in [0.29, 0.717) is 28.2 Å². The van der Waals surface area contributed by atoms with E-state index in [9.17, 15) is 0 Å². The van der Waals surface area contributed by atoms with Gasteiger partial charge in [0.1, 0.15) is 0 Å². The van der Waals surface area contributed by atoms with Crippen molar-refractivity contribution in [3.63, 3.8) is 0 Å². The normalized spacial score (nSPS) is 34.3. The zero-order chi connectivity index (χ0) is 21.2. The Hall–Kier alpha value is -1.48. The SMILES string of the molecule is CC1(C)[C@H]2Cc3nc(-c4ccc5c(n4)C([Si](C)(C)C)[C@H]4C[C@@H]5C4(C)C)ccc3[C@@H]1C2. The zero-order valence-corrected chi connectivity index (χ0v) is 20.7. The van der Waals surface area contributed by atoms with Gasteiger partial charge in [0.2, 0.25) is 0 Å². The van der Waals surface area contributed by atoms with E-state index >= 15 is 0 Å². The van der Waals surface area contributed by atoms with Gasteiger partial charge >= 0.3 is 0 Å². The van der Waals surface area contributed by atoms with Gasteiger partial charge < -0.3 is 0 Å². The van der Waals surface area contributed by atoms with Crippen LogP contribution < -0.4 is 0 Å². The standard InChI is InChI=1S/C27H36N2Si/c1-26(2)15-12-18(26)16-8-10-21(28-23(16)13-15)22-11-9-17-19-14-20(27(19,3)4)25(24(17)29-22)30(5,6)7/h8-11,15,18-20,25H,12-14H2,1-7H3/t15-,18+,19+,20-,25?/m1/s1. The molecule has 0 aliphatic heterocycles. The molecule has 2 heterocycles. The van der Waals surface area contributed by atoms with Crippen molar-refractivity contribution in [2.45, 2.75) is 84.0 Å². The minimum absolute atomic E-state index is 0.430. The maximum atomic E-state index is 5.36. The lowest BCUT2D eigenvalue weighted by Crippen LogP contribution is -2.56. The summed E-state index contributed by atoms with van der Waals surface area (Å²) in [4.78, 5) is 10.5. The maximum absolute atomic E-state index is 5.36. The summed E-state index contributed by atoms with van der Waals surface area (Å²) >= 11 is 0. The second kappa shape index (κ2) is 5.65. The molecule has 2 fully saturated rings. The van der Waals surface area contributed by atoms with Gasteiger partial charge in [-0.3, -0.25) is 9.97 Å². The summed E-state index contributed by atoms with van der Waals surface area (Å²) in [6.45, 7) is 17.5. The van der Waals surface area contributed by atoms with Gasteiger partial charge in [-0.2, -0.15) is 0 Å². The Bertz CT molecular complexity index is 1060. The Morgan fingerprint density at radius 2 is 1.43 bits per heavy atom. The fourth-order valence-corrected chi connectivity index (χ4v) is 10.5. The molecular formula is C27H36N2Si.